The molecule has 2 heteroatoms. The zero-order valence-corrected chi connectivity index (χ0v) is 13.2. The van der Waals surface area contributed by atoms with E-state index in [-0.39, 0.29) is 0 Å². The molecule has 0 amide bonds. The van der Waals surface area contributed by atoms with Crippen molar-refractivity contribution in [2.45, 2.75) is 57.9 Å². The van der Waals surface area contributed by atoms with Crippen LogP contribution in [0.2, 0.25) is 0 Å². The summed E-state index contributed by atoms with van der Waals surface area (Å²) in [4.78, 5) is 0. The van der Waals surface area contributed by atoms with Crippen molar-refractivity contribution in [1.82, 2.24) is 5.32 Å². The first-order valence-electron chi connectivity index (χ1n) is 8.05. The second-order valence-electron chi connectivity index (χ2n) is 6.48. The second-order valence-corrected chi connectivity index (χ2v) is 6.48. The van der Waals surface area contributed by atoms with Gasteiger partial charge in [-0.15, -0.1) is 0 Å². The number of benzene rings is 1. The Bertz CT molecular complexity index is 414. The summed E-state index contributed by atoms with van der Waals surface area (Å²) in [5, 5.41) is 3.71. The molecule has 20 heavy (non-hydrogen) atoms. The van der Waals surface area contributed by atoms with E-state index in [1.54, 1.807) is 0 Å². The summed E-state index contributed by atoms with van der Waals surface area (Å²) in [6.45, 7) is 9.69. The van der Waals surface area contributed by atoms with E-state index in [4.69, 9.17) is 4.74 Å². The SMILES string of the molecule is CCCOCCCNC1CCC(C)(C)c2ccccc21. The molecule has 0 heterocycles. The number of hydrogen-bond acceptors (Lipinski definition) is 2. The summed E-state index contributed by atoms with van der Waals surface area (Å²) in [5.74, 6) is 0. The summed E-state index contributed by atoms with van der Waals surface area (Å²) < 4.78 is 5.53. The van der Waals surface area contributed by atoms with Gasteiger partial charge in [0.05, 0.1) is 0 Å². The second kappa shape index (κ2) is 7.24. The van der Waals surface area contributed by atoms with Crippen molar-refractivity contribution in [3.8, 4) is 0 Å². The van der Waals surface area contributed by atoms with Gasteiger partial charge in [-0.3, -0.25) is 0 Å². The maximum Gasteiger partial charge on any atom is 0.0478 e. The molecule has 0 fully saturated rings. The predicted molar refractivity (Wildman–Crippen MR) is 85.2 cm³/mol. The first-order chi connectivity index (χ1) is 9.65. The van der Waals surface area contributed by atoms with Gasteiger partial charge in [-0.2, -0.15) is 0 Å². The molecule has 2 rings (SSSR count). The summed E-state index contributed by atoms with van der Waals surface area (Å²) in [6.07, 6.45) is 4.70. The number of rotatable bonds is 7. The predicted octanol–water partition coefficient (Wildman–Crippen LogP) is 4.21. The van der Waals surface area contributed by atoms with Crippen LogP contribution >= 0.6 is 0 Å². The molecule has 0 saturated heterocycles. The molecule has 0 radical (unpaired) electrons. The Hall–Kier alpha value is -0.860. The molecule has 0 aliphatic heterocycles. The molecule has 112 valence electrons. The molecule has 0 spiro atoms. The first kappa shape index (κ1) is 15.5. The minimum atomic E-state index is 0.318. The van der Waals surface area contributed by atoms with Crippen molar-refractivity contribution in [3.63, 3.8) is 0 Å². The lowest BCUT2D eigenvalue weighted by atomic mass is 9.71. The molecule has 1 aromatic carbocycles. The largest absolute Gasteiger partial charge is 0.381 e. The van der Waals surface area contributed by atoms with E-state index < -0.39 is 0 Å². The lowest BCUT2D eigenvalue weighted by Crippen LogP contribution is -2.33. The number of ether oxygens (including phenoxy) is 1. The van der Waals surface area contributed by atoms with Crippen LogP contribution in [0.15, 0.2) is 24.3 Å². The molecule has 1 aliphatic rings. The molecule has 1 atom stereocenters. The molecule has 0 aromatic heterocycles. The van der Waals surface area contributed by atoms with Crippen molar-refractivity contribution < 1.29 is 4.74 Å². The van der Waals surface area contributed by atoms with Gasteiger partial charge < -0.3 is 10.1 Å². The minimum Gasteiger partial charge on any atom is -0.381 e. The van der Waals surface area contributed by atoms with E-state index in [9.17, 15) is 0 Å². The number of hydrogen-bond donors (Lipinski definition) is 1. The average molecular weight is 275 g/mol. The zero-order valence-electron chi connectivity index (χ0n) is 13.2. The molecule has 1 N–H and O–H groups in total. The van der Waals surface area contributed by atoms with Crippen LogP contribution in [0.25, 0.3) is 0 Å². The lowest BCUT2D eigenvalue weighted by Gasteiger charge is -2.37. The standard InChI is InChI=1S/C18H29NO/c1-4-13-20-14-7-12-19-17-10-11-18(2,3)16-9-6-5-8-15(16)17/h5-6,8-9,17,19H,4,7,10-14H2,1-3H3. The molecule has 1 unspecified atom stereocenters. The van der Waals surface area contributed by atoms with Gasteiger partial charge in [0.25, 0.3) is 0 Å². The molecule has 2 nitrogen and oxygen atoms in total. The van der Waals surface area contributed by atoms with Gasteiger partial charge in [-0.05, 0) is 48.8 Å². The van der Waals surface area contributed by atoms with E-state index in [0.29, 0.717) is 11.5 Å². The molecular weight excluding hydrogens is 246 g/mol. The van der Waals surface area contributed by atoms with Crippen LogP contribution in [0.1, 0.15) is 63.6 Å². The fourth-order valence-corrected chi connectivity index (χ4v) is 3.12. The van der Waals surface area contributed by atoms with Crippen LogP contribution in [0, 0.1) is 0 Å². The highest BCUT2D eigenvalue weighted by Crippen LogP contribution is 2.41. The Kier molecular flexibility index (Phi) is 5.62. The molecule has 0 saturated carbocycles. The third-order valence-electron chi connectivity index (χ3n) is 4.33. The summed E-state index contributed by atoms with van der Waals surface area (Å²) in [7, 11) is 0. The number of fused-ring (bicyclic) bond motifs is 1. The minimum absolute atomic E-state index is 0.318. The van der Waals surface area contributed by atoms with Crippen molar-refractivity contribution in [2.24, 2.45) is 0 Å². The highest BCUT2D eigenvalue weighted by Gasteiger charge is 2.31. The summed E-state index contributed by atoms with van der Waals surface area (Å²) in [6, 6.07) is 9.45. The molecular formula is C18H29NO. The van der Waals surface area contributed by atoms with Gasteiger partial charge in [-0.1, -0.05) is 45.0 Å². The van der Waals surface area contributed by atoms with Crippen molar-refractivity contribution >= 4 is 0 Å². The Morgan fingerprint density at radius 1 is 1.25 bits per heavy atom. The maximum absolute atomic E-state index is 5.53. The first-order valence-corrected chi connectivity index (χ1v) is 8.05. The van der Waals surface area contributed by atoms with Crippen molar-refractivity contribution in [1.29, 1.82) is 0 Å². The Morgan fingerprint density at radius 2 is 2.05 bits per heavy atom. The fourth-order valence-electron chi connectivity index (χ4n) is 3.12. The van der Waals surface area contributed by atoms with E-state index in [1.165, 1.54) is 24.0 Å². The van der Waals surface area contributed by atoms with Crippen LogP contribution in [-0.2, 0) is 10.2 Å². The van der Waals surface area contributed by atoms with Crippen LogP contribution in [0.5, 0.6) is 0 Å². The van der Waals surface area contributed by atoms with Gasteiger partial charge >= 0.3 is 0 Å². The van der Waals surface area contributed by atoms with Gasteiger partial charge in [0, 0.05) is 19.3 Å². The molecule has 1 aliphatic carbocycles. The maximum atomic E-state index is 5.53. The molecule has 0 bridgehead atoms. The van der Waals surface area contributed by atoms with Crippen LogP contribution in [-0.4, -0.2) is 19.8 Å². The Labute approximate surface area is 123 Å². The van der Waals surface area contributed by atoms with E-state index in [1.807, 2.05) is 0 Å². The van der Waals surface area contributed by atoms with E-state index >= 15 is 0 Å². The van der Waals surface area contributed by atoms with Crippen LogP contribution in [0.4, 0.5) is 0 Å². The monoisotopic (exact) mass is 275 g/mol. The summed E-state index contributed by atoms with van der Waals surface area (Å²) in [5.41, 5.74) is 3.34. The third kappa shape index (κ3) is 3.83. The molecule has 1 aromatic rings. The van der Waals surface area contributed by atoms with Crippen molar-refractivity contribution in [3.05, 3.63) is 35.4 Å². The van der Waals surface area contributed by atoms with Crippen LogP contribution in [0.3, 0.4) is 0 Å². The fraction of sp³-hybridized carbons (Fsp3) is 0.667. The van der Waals surface area contributed by atoms with Gasteiger partial charge in [0.1, 0.15) is 0 Å². The topological polar surface area (TPSA) is 21.3 Å². The Balaban J connectivity index is 1.87. The van der Waals surface area contributed by atoms with Crippen molar-refractivity contribution in [2.75, 3.05) is 19.8 Å². The highest BCUT2D eigenvalue weighted by molar-refractivity contribution is 5.38. The van der Waals surface area contributed by atoms with Gasteiger partial charge in [0.2, 0.25) is 0 Å². The van der Waals surface area contributed by atoms with E-state index in [0.717, 1.165) is 32.6 Å². The van der Waals surface area contributed by atoms with Gasteiger partial charge in [0.15, 0.2) is 0 Å². The number of nitrogens with one attached hydrogen (secondary N) is 1. The van der Waals surface area contributed by atoms with Crippen LogP contribution < -0.4 is 5.32 Å². The highest BCUT2D eigenvalue weighted by atomic mass is 16.5. The van der Waals surface area contributed by atoms with Gasteiger partial charge in [-0.25, -0.2) is 0 Å². The summed E-state index contributed by atoms with van der Waals surface area (Å²) >= 11 is 0. The smallest absolute Gasteiger partial charge is 0.0478 e. The quantitative estimate of drug-likeness (QED) is 0.753. The zero-order chi connectivity index (χ0) is 14.4. The normalized spacial score (nSPS) is 20.6. The average Bonchev–Trinajstić information content (AvgIpc) is 2.45. The van der Waals surface area contributed by atoms with E-state index in [2.05, 4.69) is 50.4 Å². The third-order valence-corrected chi connectivity index (χ3v) is 4.33. The lowest BCUT2D eigenvalue weighted by molar-refractivity contribution is 0.131. The Morgan fingerprint density at radius 3 is 2.85 bits per heavy atom.